The number of benzene rings is 1. The number of hydrogen-bond acceptors (Lipinski definition) is 2. The molecule has 2 unspecified atom stereocenters. The Balaban J connectivity index is 2.13. The lowest BCUT2D eigenvalue weighted by atomic mass is 9.85. The first-order chi connectivity index (χ1) is 9.79. The van der Waals surface area contributed by atoms with Crippen LogP contribution in [0.4, 0.5) is 24.5 Å². The maximum absolute atomic E-state index is 12.9. The molecule has 0 aliphatic heterocycles. The van der Waals surface area contributed by atoms with Crippen LogP contribution in [0.25, 0.3) is 0 Å². The summed E-state index contributed by atoms with van der Waals surface area (Å²) in [5.74, 6) is -1.20. The fourth-order valence-electron chi connectivity index (χ4n) is 2.92. The second-order valence-electron chi connectivity index (χ2n) is 5.78. The van der Waals surface area contributed by atoms with Gasteiger partial charge >= 0.3 is 6.18 Å². The van der Waals surface area contributed by atoms with Crippen molar-refractivity contribution in [3.05, 3.63) is 23.2 Å². The molecule has 2 rings (SSSR count). The molecule has 1 fully saturated rings. The zero-order chi connectivity index (χ0) is 15.6. The summed E-state index contributed by atoms with van der Waals surface area (Å²) in [4.78, 5) is 1.87. The molecule has 0 heterocycles. The molecule has 0 radical (unpaired) electrons. The van der Waals surface area contributed by atoms with Crippen molar-refractivity contribution in [3.8, 4) is 0 Å². The van der Waals surface area contributed by atoms with Gasteiger partial charge in [-0.1, -0.05) is 24.1 Å². The standard InChI is InChI=1S/C15H20ClF3N2/c1-21(2)14-12(16)7-4-8-13(14)20-11-6-3-5-10(9-11)15(17,18)19/h4,7-8,10-11,20H,3,5-6,9H2,1-2H3. The molecule has 1 aromatic carbocycles. The minimum Gasteiger partial charge on any atom is -0.381 e. The van der Waals surface area contributed by atoms with Crippen molar-refractivity contribution in [1.29, 1.82) is 0 Å². The van der Waals surface area contributed by atoms with E-state index in [0.717, 1.165) is 17.8 Å². The Morgan fingerprint density at radius 2 is 1.95 bits per heavy atom. The number of anilines is 2. The van der Waals surface area contributed by atoms with Crippen molar-refractivity contribution in [3.63, 3.8) is 0 Å². The van der Waals surface area contributed by atoms with Crippen molar-refractivity contribution >= 4 is 23.0 Å². The van der Waals surface area contributed by atoms with Gasteiger partial charge in [-0.3, -0.25) is 0 Å². The summed E-state index contributed by atoms with van der Waals surface area (Å²) in [5.41, 5.74) is 1.61. The zero-order valence-corrected chi connectivity index (χ0v) is 12.9. The van der Waals surface area contributed by atoms with Gasteiger partial charge in [0.1, 0.15) is 0 Å². The molecule has 0 amide bonds. The second kappa shape index (κ2) is 6.34. The Kier molecular flexibility index (Phi) is 4.91. The first-order valence-corrected chi connectivity index (χ1v) is 7.46. The third-order valence-electron chi connectivity index (χ3n) is 3.93. The molecule has 2 atom stereocenters. The van der Waals surface area contributed by atoms with Crippen molar-refractivity contribution in [2.75, 3.05) is 24.3 Å². The van der Waals surface area contributed by atoms with E-state index >= 15 is 0 Å². The summed E-state index contributed by atoms with van der Waals surface area (Å²) >= 11 is 6.18. The van der Waals surface area contributed by atoms with Gasteiger partial charge in [-0.2, -0.15) is 13.2 Å². The van der Waals surface area contributed by atoms with Gasteiger partial charge in [-0.15, -0.1) is 0 Å². The van der Waals surface area contributed by atoms with Crippen LogP contribution in [0.1, 0.15) is 25.7 Å². The molecule has 0 saturated heterocycles. The number of alkyl halides is 3. The Hall–Kier alpha value is -1.10. The van der Waals surface area contributed by atoms with Gasteiger partial charge in [0.25, 0.3) is 0 Å². The van der Waals surface area contributed by atoms with Crippen LogP contribution in [0.2, 0.25) is 5.02 Å². The van der Waals surface area contributed by atoms with E-state index in [-0.39, 0.29) is 18.9 Å². The molecular formula is C15H20ClF3N2. The largest absolute Gasteiger partial charge is 0.391 e. The van der Waals surface area contributed by atoms with E-state index < -0.39 is 12.1 Å². The highest BCUT2D eigenvalue weighted by Crippen LogP contribution is 2.40. The van der Waals surface area contributed by atoms with E-state index in [2.05, 4.69) is 5.32 Å². The normalized spacial score (nSPS) is 23.0. The molecule has 6 heteroatoms. The van der Waals surface area contributed by atoms with E-state index in [0.29, 0.717) is 11.4 Å². The van der Waals surface area contributed by atoms with Crippen molar-refractivity contribution in [2.24, 2.45) is 5.92 Å². The van der Waals surface area contributed by atoms with Gasteiger partial charge in [0, 0.05) is 20.1 Å². The van der Waals surface area contributed by atoms with Crippen LogP contribution in [-0.2, 0) is 0 Å². The maximum Gasteiger partial charge on any atom is 0.391 e. The topological polar surface area (TPSA) is 15.3 Å². The van der Waals surface area contributed by atoms with Crippen LogP contribution in [0.15, 0.2) is 18.2 Å². The van der Waals surface area contributed by atoms with E-state index in [1.807, 2.05) is 31.1 Å². The van der Waals surface area contributed by atoms with Crippen LogP contribution >= 0.6 is 11.6 Å². The molecule has 118 valence electrons. The number of hydrogen-bond donors (Lipinski definition) is 1. The predicted octanol–water partition coefficient (Wildman–Crippen LogP) is 4.94. The lowest BCUT2D eigenvalue weighted by Gasteiger charge is -2.32. The van der Waals surface area contributed by atoms with Gasteiger partial charge < -0.3 is 10.2 Å². The highest BCUT2D eigenvalue weighted by molar-refractivity contribution is 6.34. The van der Waals surface area contributed by atoms with Gasteiger partial charge in [0.05, 0.1) is 22.3 Å². The SMILES string of the molecule is CN(C)c1c(Cl)cccc1NC1CCCC(C(F)(F)F)C1. The number of nitrogens with one attached hydrogen (secondary N) is 1. The smallest absolute Gasteiger partial charge is 0.381 e. The van der Waals surface area contributed by atoms with Gasteiger partial charge in [-0.05, 0) is 31.4 Å². The minimum absolute atomic E-state index is 0.128. The molecule has 1 aliphatic rings. The molecule has 1 aliphatic carbocycles. The Morgan fingerprint density at radius 1 is 1.24 bits per heavy atom. The summed E-state index contributed by atoms with van der Waals surface area (Å²) in [5, 5.41) is 3.84. The molecule has 0 spiro atoms. The minimum atomic E-state index is -4.10. The number of halogens is 4. The monoisotopic (exact) mass is 320 g/mol. The Labute approximate surface area is 128 Å². The van der Waals surface area contributed by atoms with Crippen LogP contribution < -0.4 is 10.2 Å². The van der Waals surface area contributed by atoms with Gasteiger partial charge in [-0.25, -0.2) is 0 Å². The maximum atomic E-state index is 12.9. The quantitative estimate of drug-likeness (QED) is 0.848. The highest BCUT2D eigenvalue weighted by Gasteiger charge is 2.42. The van der Waals surface area contributed by atoms with Crippen LogP contribution in [0.3, 0.4) is 0 Å². The lowest BCUT2D eigenvalue weighted by molar-refractivity contribution is -0.182. The third kappa shape index (κ3) is 3.96. The van der Waals surface area contributed by atoms with Gasteiger partial charge in [0.15, 0.2) is 0 Å². The fraction of sp³-hybridized carbons (Fsp3) is 0.600. The predicted molar refractivity (Wildman–Crippen MR) is 81.2 cm³/mol. The van der Waals surface area contributed by atoms with E-state index in [1.54, 1.807) is 6.07 Å². The Bertz CT molecular complexity index is 488. The average Bonchev–Trinajstić information content (AvgIpc) is 2.37. The first-order valence-electron chi connectivity index (χ1n) is 7.08. The molecular weight excluding hydrogens is 301 g/mol. The molecule has 1 saturated carbocycles. The summed E-state index contributed by atoms with van der Waals surface area (Å²) in [6.07, 6.45) is -2.38. The molecule has 1 N–H and O–H groups in total. The van der Waals surface area contributed by atoms with Crippen LogP contribution in [0.5, 0.6) is 0 Å². The summed E-state index contributed by atoms with van der Waals surface area (Å²) in [6, 6.07) is 5.28. The van der Waals surface area contributed by atoms with E-state index in [4.69, 9.17) is 11.6 Å². The second-order valence-corrected chi connectivity index (χ2v) is 6.18. The van der Waals surface area contributed by atoms with Crippen LogP contribution in [-0.4, -0.2) is 26.3 Å². The molecule has 0 bridgehead atoms. The summed E-state index contributed by atoms with van der Waals surface area (Å²) in [6.45, 7) is 0. The first kappa shape index (κ1) is 16.3. The average molecular weight is 321 g/mol. The van der Waals surface area contributed by atoms with Crippen LogP contribution in [0, 0.1) is 5.92 Å². The number of rotatable bonds is 3. The van der Waals surface area contributed by atoms with Crippen molar-refractivity contribution in [2.45, 2.75) is 37.9 Å². The summed E-state index contributed by atoms with van der Waals surface area (Å²) in [7, 11) is 3.73. The van der Waals surface area contributed by atoms with E-state index in [9.17, 15) is 13.2 Å². The molecule has 1 aromatic rings. The molecule has 2 nitrogen and oxygen atoms in total. The van der Waals surface area contributed by atoms with Gasteiger partial charge in [0.2, 0.25) is 0 Å². The summed E-state index contributed by atoms with van der Waals surface area (Å²) < 4.78 is 38.6. The van der Waals surface area contributed by atoms with E-state index in [1.165, 1.54) is 0 Å². The zero-order valence-electron chi connectivity index (χ0n) is 12.2. The van der Waals surface area contributed by atoms with Crippen molar-refractivity contribution < 1.29 is 13.2 Å². The highest BCUT2D eigenvalue weighted by atomic mass is 35.5. The number of para-hydroxylation sites is 1. The lowest BCUT2D eigenvalue weighted by Crippen LogP contribution is -2.35. The number of nitrogens with zero attached hydrogens (tertiary/aromatic N) is 1. The van der Waals surface area contributed by atoms with Crippen molar-refractivity contribution in [1.82, 2.24) is 0 Å². The fourth-order valence-corrected chi connectivity index (χ4v) is 3.27. The Morgan fingerprint density at radius 3 is 2.57 bits per heavy atom. The third-order valence-corrected chi connectivity index (χ3v) is 4.24. The molecule has 0 aromatic heterocycles. The molecule has 21 heavy (non-hydrogen) atoms.